The van der Waals surface area contributed by atoms with Crippen molar-refractivity contribution in [1.29, 1.82) is 0 Å². The average molecular weight is 872 g/mol. The summed E-state index contributed by atoms with van der Waals surface area (Å²) in [6.07, 6.45) is 21.0. The maximum Gasteiger partial charge on any atom is 0.0267 e. The maximum absolute atomic E-state index is 3.78. The van der Waals surface area contributed by atoms with Crippen molar-refractivity contribution in [3.63, 3.8) is 0 Å². The average Bonchev–Trinajstić information content (AvgIpc) is 3.04. The monoisotopic (exact) mass is 871 g/mol. The van der Waals surface area contributed by atoms with Crippen LogP contribution in [0.2, 0.25) is 0 Å². The van der Waals surface area contributed by atoms with Crippen LogP contribution in [0.5, 0.6) is 0 Å². The summed E-state index contributed by atoms with van der Waals surface area (Å²) in [5.41, 5.74) is 0. The van der Waals surface area contributed by atoms with E-state index in [1.165, 1.54) is 0 Å². The Bertz CT molecular complexity index is 724. The molecule has 0 radical (unpaired) electrons. The molecule has 0 fully saturated rings. The summed E-state index contributed by atoms with van der Waals surface area (Å²) in [5, 5.41) is 0. The van der Waals surface area contributed by atoms with Crippen molar-refractivity contribution in [2.45, 2.75) is 0 Å². The zero-order chi connectivity index (χ0) is 25.5. The van der Waals surface area contributed by atoms with E-state index >= 15 is 0 Å². The largest absolute Gasteiger partial charge is 2.00 e. The first-order valence-corrected chi connectivity index (χ1v) is 11.1. The van der Waals surface area contributed by atoms with E-state index < -0.39 is 0 Å². The molecule has 0 saturated heterocycles. The van der Waals surface area contributed by atoms with Crippen LogP contribution >= 0.6 is 0 Å². The van der Waals surface area contributed by atoms with E-state index in [9.17, 15) is 0 Å². The van der Waals surface area contributed by atoms with E-state index in [0.717, 1.165) is 0 Å². The standard InChI is InChI=1S/6C5H5N.HI.2O.U/c6*1-2-4-6-5-3-1;;;;/h6*1-5H;1H;;;/q;;;;;;;2*-2;/p-1. The third-order valence-corrected chi connectivity index (χ3v) is 3.40. The van der Waals surface area contributed by atoms with Crippen LogP contribution in [-0.4, -0.2) is 29.9 Å². The summed E-state index contributed by atoms with van der Waals surface area (Å²) in [6.45, 7) is 0. The van der Waals surface area contributed by atoms with Crippen LogP contribution in [-0.2, 0) is 11.0 Å². The van der Waals surface area contributed by atoms with Crippen molar-refractivity contribution < 1.29 is 66.0 Å². The van der Waals surface area contributed by atoms with Gasteiger partial charge in [-0.1, -0.05) is 36.4 Å². The van der Waals surface area contributed by atoms with Crippen LogP contribution in [0.1, 0.15) is 0 Å². The molecule has 0 aliphatic heterocycles. The second-order valence-corrected chi connectivity index (χ2v) is 6.15. The molecule has 0 aliphatic carbocycles. The molecule has 10 heteroatoms. The quantitative estimate of drug-likeness (QED) is 0.216. The van der Waals surface area contributed by atoms with Gasteiger partial charge in [-0.15, -0.1) is 0 Å². The minimum absolute atomic E-state index is 0. The van der Waals surface area contributed by atoms with Crippen molar-refractivity contribution in [3.05, 3.63) is 184 Å². The Hall–Kier alpha value is -3.40. The molecule has 0 aromatic carbocycles. The van der Waals surface area contributed by atoms with Crippen LogP contribution in [0.4, 0.5) is 0 Å². The summed E-state index contributed by atoms with van der Waals surface area (Å²) in [5.74, 6) is 0. The minimum atomic E-state index is 0. The van der Waals surface area contributed by atoms with Crippen molar-refractivity contribution in [3.8, 4) is 0 Å². The van der Waals surface area contributed by atoms with Gasteiger partial charge in [0.15, 0.2) is 0 Å². The zero-order valence-corrected chi connectivity index (χ0v) is 28.0. The Kier molecular flexibility index (Phi) is 43.8. The van der Waals surface area contributed by atoms with Crippen molar-refractivity contribution >= 4 is 0 Å². The second-order valence-electron chi connectivity index (χ2n) is 6.15. The molecule has 6 aromatic rings. The fourth-order valence-corrected chi connectivity index (χ4v) is 1.88. The summed E-state index contributed by atoms with van der Waals surface area (Å²) in [4.78, 5) is 22.7. The minimum Gasteiger partial charge on any atom is -2.00 e. The molecular formula is C30H30IN6O2U-5. The molecule has 0 spiro atoms. The van der Waals surface area contributed by atoms with Gasteiger partial charge in [0.25, 0.3) is 0 Å². The predicted octanol–water partition coefficient (Wildman–Crippen LogP) is 3.26. The topological polar surface area (TPSA) is 134 Å². The van der Waals surface area contributed by atoms with E-state index in [4.69, 9.17) is 0 Å². The summed E-state index contributed by atoms with van der Waals surface area (Å²) >= 11 is 0. The van der Waals surface area contributed by atoms with Gasteiger partial charge in [-0.25, -0.2) is 0 Å². The third kappa shape index (κ3) is 36.8. The number of hydrogen-bond donors (Lipinski definition) is 0. The van der Waals surface area contributed by atoms with Crippen molar-refractivity contribution in [1.82, 2.24) is 29.9 Å². The van der Waals surface area contributed by atoms with Gasteiger partial charge in [-0.3, -0.25) is 29.9 Å². The Morgan fingerprint density at radius 3 is 0.325 bits per heavy atom. The molecule has 6 rings (SSSR count). The van der Waals surface area contributed by atoms with Crippen LogP contribution in [0.25, 0.3) is 0 Å². The number of nitrogens with zero attached hydrogens (tertiary/aromatic N) is 6. The molecule has 8 nitrogen and oxygen atoms in total. The van der Waals surface area contributed by atoms with Gasteiger partial charge in [-0.2, -0.15) is 0 Å². The van der Waals surface area contributed by atoms with E-state index in [2.05, 4.69) is 29.9 Å². The zero-order valence-electron chi connectivity index (χ0n) is 21.7. The Morgan fingerprint density at radius 1 is 0.200 bits per heavy atom. The Morgan fingerprint density at radius 2 is 0.300 bits per heavy atom. The fourth-order valence-electron chi connectivity index (χ4n) is 1.88. The summed E-state index contributed by atoms with van der Waals surface area (Å²) in [7, 11) is 0. The van der Waals surface area contributed by atoms with Gasteiger partial charge >= 0.3 is 0 Å². The number of rotatable bonds is 0. The van der Waals surface area contributed by atoms with E-state index in [0.29, 0.717) is 0 Å². The first-order valence-electron chi connectivity index (χ1n) is 11.1. The first-order chi connectivity index (χ1) is 18.0. The van der Waals surface area contributed by atoms with Crippen LogP contribution < -0.4 is 24.0 Å². The molecule has 208 valence electrons. The number of halogens is 1. The van der Waals surface area contributed by atoms with Crippen LogP contribution in [0.15, 0.2) is 184 Å². The molecule has 0 unspecified atom stereocenters. The molecule has 0 aliphatic rings. The summed E-state index contributed by atoms with van der Waals surface area (Å²) in [6, 6.07) is 34.3. The van der Waals surface area contributed by atoms with Crippen LogP contribution in [0.3, 0.4) is 0 Å². The molecule has 0 atom stereocenters. The second kappa shape index (κ2) is 40.1. The summed E-state index contributed by atoms with van der Waals surface area (Å²) < 4.78 is 0. The maximum atomic E-state index is 3.78. The predicted molar refractivity (Wildman–Crippen MR) is 147 cm³/mol. The Balaban J connectivity index is -0.000000191. The van der Waals surface area contributed by atoms with Gasteiger partial charge in [0.2, 0.25) is 0 Å². The fraction of sp³-hybridized carbons (Fsp3) is 0. The number of pyridine rings is 6. The molecule has 0 N–H and O–H groups in total. The van der Waals surface area contributed by atoms with Crippen molar-refractivity contribution in [2.24, 2.45) is 0 Å². The van der Waals surface area contributed by atoms with Gasteiger partial charge in [0.05, 0.1) is 0 Å². The first kappa shape index (κ1) is 43.6. The molecule has 6 heterocycles. The molecule has 0 bridgehead atoms. The van der Waals surface area contributed by atoms with Gasteiger partial charge in [0.1, 0.15) is 0 Å². The van der Waals surface area contributed by atoms with E-state index in [1.807, 2.05) is 109 Å². The molecule has 0 amide bonds. The normalized spacial score (nSPS) is 7.20. The van der Waals surface area contributed by atoms with Gasteiger partial charge in [0, 0.05) is 105 Å². The third-order valence-electron chi connectivity index (χ3n) is 3.40. The molecule has 40 heavy (non-hydrogen) atoms. The number of hydrogen-bond acceptors (Lipinski definition) is 6. The Labute approximate surface area is 277 Å². The van der Waals surface area contributed by atoms with Gasteiger partial charge in [-0.05, 0) is 72.8 Å². The SMILES string of the molecule is [I-].[O-2].[O-2].[U].c1ccncc1.c1ccncc1.c1ccncc1.c1ccncc1.c1ccncc1.c1ccncc1. The van der Waals surface area contributed by atoms with E-state index in [1.54, 1.807) is 74.4 Å². The van der Waals surface area contributed by atoms with Crippen molar-refractivity contribution in [2.75, 3.05) is 0 Å². The van der Waals surface area contributed by atoms with Gasteiger partial charge < -0.3 is 34.9 Å². The molecule has 0 saturated carbocycles. The number of aromatic nitrogens is 6. The molecular weight excluding hydrogens is 841 g/mol. The molecule has 6 aromatic heterocycles. The van der Waals surface area contributed by atoms with E-state index in [-0.39, 0.29) is 66.0 Å². The smallest absolute Gasteiger partial charge is 0.0267 e. The van der Waals surface area contributed by atoms with Crippen LogP contribution in [0, 0.1) is 31.1 Å².